The van der Waals surface area contributed by atoms with Crippen molar-refractivity contribution in [2.45, 2.75) is 20.1 Å². The standard InChI is InChI=1S/C16H14F2N4O4/c1-9-14(21-26-19-9)7-22(2)16(23)13-6-11(25-20-13)8-24-15-4-3-10(17)5-12(15)18/h3-6H,7-8H2,1-2H3. The number of halogens is 2. The summed E-state index contributed by atoms with van der Waals surface area (Å²) in [7, 11) is 1.56. The fourth-order valence-electron chi connectivity index (χ4n) is 2.11. The summed E-state index contributed by atoms with van der Waals surface area (Å²) in [5.41, 5.74) is 1.17. The maximum Gasteiger partial charge on any atom is 0.276 e. The number of nitrogens with zero attached hydrogens (tertiary/aromatic N) is 4. The molecular weight excluding hydrogens is 350 g/mol. The molecule has 0 atom stereocenters. The predicted octanol–water partition coefficient (Wildman–Crippen LogP) is 2.50. The van der Waals surface area contributed by atoms with Crippen LogP contribution in [0, 0.1) is 18.6 Å². The molecule has 10 heteroatoms. The zero-order valence-corrected chi connectivity index (χ0v) is 13.9. The Balaban J connectivity index is 1.61. The average Bonchev–Trinajstić information content (AvgIpc) is 3.23. The number of hydrogen-bond acceptors (Lipinski definition) is 7. The van der Waals surface area contributed by atoms with Gasteiger partial charge in [-0.3, -0.25) is 4.79 Å². The van der Waals surface area contributed by atoms with E-state index >= 15 is 0 Å². The van der Waals surface area contributed by atoms with Gasteiger partial charge in [0.1, 0.15) is 23.8 Å². The molecular formula is C16H14F2N4O4. The van der Waals surface area contributed by atoms with E-state index in [0.29, 0.717) is 17.5 Å². The molecule has 2 heterocycles. The lowest BCUT2D eigenvalue weighted by Crippen LogP contribution is -2.26. The Morgan fingerprint density at radius 3 is 2.73 bits per heavy atom. The highest BCUT2D eigenvalue weighted by atomic mass is 19.1. The van der Waals surface area contributed by atoms with Crippen LogP contribution in [0.25, 0.3) is 0 Å². The Bertz CT molecular complexity index is 925. The number of benzene rings is 1. The molecule has 0 aliphatic rings. The Morgan fingerprint density at radius 1 is 1.23 bits per heavy atom. The summed E-state index contributed by atoms with van der Waals surface area (Å²) in [4.78, 5) is 13.7. The molecule has 3 rings (SSSR count). The van der Waals surface area contributed by atoms with Crippen LogP contribution in [-0.4, -0.2) is 33.3 Å². The summed E-state index contributed by atoms with van der Waals surface area (Å²) in [6.45, 7) is 1.73. The minimum Gasteiger partial charge on any atom is -0.482 e. The quantitative estimate of drug-likeness (QED) is 0.663. The van der Waals surface area contributed by atoms with E-state index in [0.717, 1.165) is 12.1 Å². The summed E-state index contributed by atoms with van der Waals surface area (Å²) in [5, 5.41) is 11.0. The number of aromatic nitrogens is 3. The highest BCUT2D eigenvalue weighted by Gasteiger charge is 2.19. The van der Waals surface area contributed by atoms with Crippen LogP contribution in [0.15, 0.2) is 33.4 Å². The minimum absolute atomic E-state index is 0.0554. The van der Waals surface area contributed by atoms with Crippen molar-refractivity contribution in [2.24, 2.45) is 0 Å². The van der Waals surface area contributed by atoms with Crippen molar-refractivity contribution in [1.29, 1.82) is 0 Å². The van der Waals surface area contributed by atoms with Crippen molar-refractivity contribution >= 4 is 5.91 Å². The summed E-state index contributed by atoms with van der Waals surface area (Å²) in [5.74, 6) is -1.87. The van der Waals surface area contributed by atoms with Crippen LogP contribution in [-0.2, 0) is 13.2 Å². The van der Waals surface area contributed by atoms with Gasteiger partial charge in [-0.1, -0.05) is 15.5 Å². The number of ether oxygens (including phenoxy) is 1. The molecule has 1 amide bonds. The van der Waals surface area contributed by atoms with Crippen molar-refractivity contribution in [2.75, 3.05) is 7.05 Å². The summed E-state index contributed by atoms with van der Waals surface area (Å²) < 4.78 is 41.2. The molecule has 2 aromatic heterocycles. The highest BCUT2D eigenvalue weighted by molar-refractivity contribution is 5.92. The van der Waals surface area contributed by atoms with E-state index in [1.165, 1.54) is 11.0 Å². The van der Waals surface area contributed by atoms with Gasteiger partial charge in [-0.2, -0.15) is 0 Å². The van der Waals surface area contributed by atoms with E-state index in [1.54, 1.807) is 14.0 Å². The molecule has 26 heavy (non-hydrogen) atoms. The Morgan fingerprint density at radius 2 is 2.04 bits per heavy atom. The normalized spacial score (nSPS) is 10.8. The van der Waals surface area contributed by atoms with Crippen molar-refractivity contribution in [1.82, 2.24) is 20.4 Å². The lowest BCUT2D eigenvalue weighted by atomic mass is 10.3. The molecule has 0 saturated heterocycles. The third-order valence-electron chi connectivity index (χ3n) is 3.52. The zero-order chi connectivity index (χ0) is 18.7. The maximum atomic E-state index is 13.5. The van der Waals surface area contributed by atoms with Gasteiger partial charge in [0.2, 0.25) is 0 Å². The molecule has 8 nitrogen and oxygen atoms in total. The maximum absolute atomic E-state index is 13.5. The van der Waals surface area contributed by atoms with Crippen LogP contribution < -0.4 is 4.74 Å². The summed E-state index contributed by atoms with van der Waals surface area (Å²) >= 11 is 0. The average molecular weight is 364 g/mol. The second-order valence-electron chi connectivity index (χ2n) is 5.50. The molecule has 3 aromatic rings. The fraction of sp³-hybridized carbons (Fsp3) is 0.250. The fourth-order valence-corrected chi connectivity index (χ4v) is 2.11. The van der Waals surface area contributed by atoms with E-state index in [-0.39, 0.29) is 30.4 Å². The van der Waals surface area contributed by atoms with Crippen molar-refractivity contribution in [3.63, 3.8) is 0 Å². The first-order valence-electron chi connectivity index (χ1n) is 7.51. The second-order valence-corrected chi connectivity index (χ2v) is 5.50. The number of aryl methyl sites for hydroxylation is 1. The summed E-state index contributed by atoms with van der Waals surface area (Å²) in [6, 6.07) is 4.33. The number of carbonyl (C=O) groups is 1. The van der Waals surface area contributed by atoms with E-state index in [9.17, 15) is 13.6 Å². The van der Waals surface area contributed by atoms with Crippen LogP contribution in [0.3, 0.4) is 0 Å². The van der Waals surface area contributed by atoms with Crippen molar-refractivity contribution < 1.29 is 27.5 Å². The van der Waals surface area contributed by atoms with Gasteiger partial charge in [0.05, 0.1) is 6.54 Å². The molecule has 0 fully saturated rings. The van der Waals surface area contributed by atoms with Gasteiger partial charge < -0.3 is 14.2 Å². The SMILES string of the molecule is Cc1nonc1CN(C)C(=O)c1cc(COc2ccc(F)cc2F)on1. The number of hydrogen-bond donors (Lipinski definition) is 0. The molecule has 1 aromatic carbocycles. The van der Waals surface area contributed by atoms with Gasteiger partial charge in [0.15, 0.2) is 23.0 Å². The molecule has 136 valence electrons. The summed E-state index contributed by atoms with van der Waals surface area (Å²) in [6.07, 6.45) is 0. The Kier molecular flexibility index (Phi) is 4.92. The monoisotopic (exact) mass is 364 g/mol. The largest absolute Gasteiger partial charge is 0.482 e. The van der Waals surface area contributed by atoms with Crippen LogP contribution in [0.5, 0.6) is 5.75 Å². The van der Waals surface area contributed by atoms with Gasteiger partial charge in [0.25, 0.3) is 5.91 Å². The Hall–Kier alpha value is -3.30. The Labute approximate surface area is 146 Å². The molecule has 0 aliphatic carbocycles. The van der Waals surface area contributed by atoms with E-state index in [4.69, 9.17) is 9.26 Å². The first kappa shape index (κ1) is 17.5. The number of carbonyl (C=O) groups excluding carboxylic acids is 1. The number of rotatable bonds is 6. The van der Waals surface area contributed by atoms with Gasteiger partial charge in [-0.05, 0) is 19.1 Å². The molecule has 0 unspecified atom stereocenters. The molecule has 0 radical (unpaired) electrons. The van der Waals surface area contributed by atoms with Gasteiger partial charge in [0, 0.05) is 19.2 Å². The van der Waals surface area contributed by atoms with Gasteiger partial charge in [-0.15, -0.1) is 0 Å². The third-order valence-corrected chi connectivity index (χ3v) is 3.52. The molecule has 0 bridgehead atoms. The first-order chi connectivity index (χ1) is 12.4. The van der Waals surface area contributed by atoms with Crippen molar-refractivity contribution in [3.8, 4) is 5.75 Å². The zero-order valence-electron chi connectivity index (χ0n) is 13.9. The van der Waals surface area contributed by atoms with Gasteiger partial charge in [-0.25, -0.2) is 13.4 Å². The molecule has 0 aliphatic heterocycles. The third kappa shape index (κ3) is 3.85. The lowest BCUT2D eigenvalue weighted by molar-refractivity contribution is 0.0771. The number of amides is 1. The van der Waals surface area contributed by atoms with Crippen LogP contribution >= 0.6 is 0 Å². The van der Waals surface area contributed by atoms with E-state index in [2.05, 4.69) is 20.1 Å². The molecule has 0 N–H and O–H groups in total. The van der Waals surface area contributed by atoms with Crippen LogP contribution in [0.1, 0.15) is 27.6 Å². The van der Waals surface area contributed by atoms with Gasteiger partial charge >= 0.3 is 0 Å². The highest BCUT2D eigenvalue weighted by Crippen LogP contribution is 2.19. The minimum atomic E-state index is -0.836. The molecule has 0 spiro atoms. The smallest absolute Gasteiger partial charge is 0.276 e. The van der Waals surface area contributed by atoms with Crippen LogP contribution in [0.4, 0.5) is 8.78 Å². The van der Waals surface area contributed by atoms with Crippen LogP contribution in [0.2, 0.25) is 0 Å². The molecule has 0 saturated carbocycles. The van der Waals surface area contributed by atoms with E-state index in [1.807, 2.05) is 0 Å². The lowest BCUT2D eigenvalue weighted by Gasteiger charge is -2.13. The van der Waals surface area contributed by atoms with E-state index < -0.39 is 17.5 Å². The predicted molar refractivity (Wildman–Crippen MR) is 82.0 cm³/mol. The van der Waals surface area contributed by atoms with Crippen molar-refractivity contribution in [3.05, 3.63) is 58.7 Å². The topological polar surface area (TPSA) is 94.5 Å². The second kappa shape index (κ2) is 7.30. The first-order valence-corrected chi connectivity index (χ1v) is 7.51.